The lowest BCUT2D eigenvalue weighted by molar-refractivity contribution is 0.600. The first-order chi connectivity index (χ1) is 5.52. The largest absolute Gasteiger partial charge is 0.611 e. The van der Waals surface area contributed by atoms with Crippen molar-refractivity contribution < 1.29 is 4.55 Å². The molecule has 66 valence electrons. The zero-order valence-corrected chi connectivity index (χ0v) is 8.93. The Bertz CT molecular complexity index is 284. The molecule has 12 heavy (non-hydrogen) atoms. The molecule has 1 unspecified atom stereocenters. The van der Waals surface area contributed by atoms with Gasteiger partial charge >= 0.3 is 0 Å². The van der Waals surface area contributed by atoms with E-state index in [1.165, 1.54) is 6.26 Å². The van der Waals surface area contributed by atoms with Crippen LogP contribution in [0.1, 0.15) is 0 Å². The summed E-state index contributed by atoms with van der Waals surface area (Å²) in [4.78, 5) is 7.41. The Morgan fingerprint density at radius 1 is 1.17 bits per heavy atom. The van der Waals surface area contributed by atoms with Gasteiger partial charge in [-0.15, -0.1) is 0 Å². The summed E-state index contributed by atoms with van der Waals surface area (Å²) >= 11 is 15.4. The van der Waals surface area contributed by atoms with Crippen molar-refractivity contribution in [2.45, 2.75) is 4.90 Å². The maximum absolute atomic E-state index is 11.0. The number of rotatable bonds is 1. The van der Waals surface area contributed by atoms with E-state index in [1.54, 1.807) is 0 Å². The molecule has 7 heteroatoms. The number of halogens is 3. The average molecular weight is 246 g/mol. The van der Waals surface area contributed by atoms with Crippen LogP contribution < -0.4 is 0 Å². The standard InChI is InChI=1S/C5H3Cl3N2OS/c1-12(11)2-3(6)9-5(8)10-4(2)7/h1H3. The zero-order valence-electron chi connectivity index (χ0n) is 5.84. The molecule has 0 N–H and O–H groups in total. The van der Waals surface area contributed by atoms with E-state index in [4.69, 9.17) is 34.8 Å². The Kier molecular flexibility index (Phi) is 3.43. The van der Waals surface area contributed by atoms with Crippen molar-refractivity contribution in [3.05, 3.63) is 15.6 Å². The summed E-state index contributed by atoms with van der Waals surface area (Å²) in [7, 11) is 0. The van der Waals surface area contributed by atoms with Gasteiger partial charge in [-0.25, -0.2) is 9.97 Å². The summed E-state index contributed by atoms with van der Waals surface area (Å²) in [5, 5.41) is 0.000802. The number of hydrogen-bond acceptors (Lipinski definition) is 3. The van der Waals surface area contributed by atoms with E-state index in [0.29, 0.717) is 0 Å². The van der Waals surface area contributed by atoms with Gasteiger partial charge in [-0.05, 0) is 22.8 Å². The first kappa shape index (κ1) is 10.3. The van der Waals surface area contributed by atoms with E-state index in [1.807, 2.05) is 0 Å². The van der Waals surface area contributed by atoms with Crippen LogP contribution in [0.2, 0.25) is 15.6 Å². The van der Waals surface area contributed by atoms with Gasteiger partial charge < -0.3 is 4.55 Å². The topological polar surface area (TPSA) is 48.8 Å². The van der Waals surface area contributed by atoms with E-state index in [2.05, 4.69) is 9.97 Å². The second-order valence-electron chi connectivity index (χ2n) is 1.86. The fourth-order valence-electron chi connectivity index (χ4n) is 0.611. The van der Waals surface area contributed by atoms with Crippen molar-refractivity contribution in [1.29, 1.82) is 0 Å². The van der Waals surface area contributed by atoms with Gasteiger partial charge in [0.05, 0.1) is 0 Å². The molecule has 0 saturated heterocycles. The summed E-state index contributed by atoms with van der Waals surface area (Å²) in [6.07, 6.45) is 1.43. The highest BCUT2D eigenvalue weighted by Gasteiger charge is 2.19. The van der Waals surface area contributed by atoms with Gasteiger partial charge in [0.2, 0.25) is 10.2 Å². The molecule has 0 spiro atoms. The highest BCUT2D eigenvalue weighted by atomic mass is 35.5. The minimum Gasteiger partial charge on any atom is -0.611 e. The van der Waals surface area contributed by atoms with Crippen molar-refractivity contribution in [3.63, 3.8) is 0 Å². The lowest BCUT2D eigenvalue weighted by atomic mass is 10.7. The summed E-state index contributed by atoms with van der Waals surface area (Å²) in [6, 6.07) is 0. The third-order valence-electron chi connectivity index (χ3n) is 1.04. The fraction of sp³-hybridized carbons (Fsp3) is 0.200. The van der Waals surface area contributed by atoms with Crippen LogP contribution in [-0.2, 0) is 11.2 Å². The van der Waals surface area contributed by atoms with E-state index in [9.17, 15) is 4.55 Å². The highest BCUT2D eigenvalue weighted by Crippen LogP contribution is 2.26. The summed E-state index contributed by atoms with van der Waals surface area (Å²) in [5.74, 6) is 0. The third-order valence-corrected chi connectivity index (χ3v) is 2.94. The van der Waals surface area contributed by atoms with Crippen LogP contribution in [0.4, 0.5) is 0 Å². The Hall–Kier alpha value is 0.260. The molecule has 0 amide bonds. The van der Waals surface area contributed by atoms with Crippen LogP contribution in [0.3, 0.4) is 0 Å². The smallest absolute Gasteiger partial charge is 0.227 e. The number of nitrogens with zero attached hydrogens (tertiary/aromatic N) is 2. The van der Waals surface area contributed by atoms with Crippen LogP contribution in [0, 0.1) is 0 Å². The molecule has 0 fully saturated rings. The molecule has 1 aromatic rings. The minimum absolute atomic E-state index is 0.0285. The molecule has 1 rings (SSSR count). The van der Waals surface area contributed by atoms with E-state index in [-0.39, 0.29) is 20.5 Å². The second kappa shape index (κ2) is 3.98. The second-order valence-corrected chi connectivity index (χ2v) is 4.23. The van der Waals surface area contributed by atoms with Crippen molar-refractivity contribution >= 4 is 46.0 Å². The Morgan fingerprint density at radius 2 is 1.58 bits per heavy atom. The van der Waals surface area contributed by atoms with E-state index >= 15 is 0 Å². The molecule has 0 aromatic carbocycles. The Balaban J connectivity index is 3.28. The van der Waals surface area contributed by atoms with Crippen molar-refractivity contribution in [2.24, 2.45) is 0 Å². The van der Waals surface area contributed by atoms with Crippen molar-refractivity contribution in [1.82, 2.24) is 9.97 Å². The molecule has 1 atom stereocenters. The molecular formula is C5H3Cl3N2OS. The third kappa shape index (κ3) is 2.14. The van der Waals surface area contributed by atoms with Gasteiger partial charge in [0, 0.05) is 0 Å². The predicted molar refractivity (Wildman–Crippen MR) is 49.4 cm³/mol. The fourth-order valence-corrected chi connectivity index (χ4v) is 2.47. The van der Waals surface area contributed by atoms with Crippen molar-refractivity contribution in [3.8, 4) is 0 Å². The van der Waals surface area contributed by atoms with Gasteiger partial charge in [-0.3, -0.25) is 0 Å². The number of hydrogen-bond donors (Lipinski definition) is 0. The van der Waals surface area contributed by atoms with Gasteiger partial charge in [-0.1, -0.05) is 23.2 Å². The van der Waals surface area contributed by atoms with Crippen LogP contribution in [0.5, 0.6) is 0 Å². The van der Waals surface area contributed by atoms with Gasteiger partial charge in [0.1, 0.15) is 6.26 Å². The van der Waals surface area contributed by atoms with Crippen molar-refractivity contribution in [2.75, 3.05) is 6.26 Å². The maximum Gasteiger partial charge on any atom is 0.227 e. The van der Waals surface area contributed by atoms with Crippen LogP contribution >= 0.6 is 34.8 Å². The molecule has 0 aliphatic rings. The minimum atomic E-state index is -1.31. The lowest BCUT2D eigenvalue weighted by Gasteiger charge is -2.06. The SMILES string of the molecule is C[S+]([O-])c1c(Cl)nc(Cl)nc1Cl. The predicted octanol–water partition coefficient (Wildman–Crippen LogP) is 2.17. The summed E-state index contributed by atoms with van der Waals surface area (Å²) in [5.41, 5.74) is 0. The molecule has 0 aliphatic heterocycles. The van der Waals surface area contributed by atoms with Crippen LogP contribution in [0.25, 0.3) is 0 Å². The number of aromatic nitrogens is 2. The molecular weight excluding hydrogens is 242 g/mol. The Labute approximate surface area is 87.2 Å². The van der Waals surface area contributed by atoms with Gasteiger partial charge in [-0.2, -0.15) is 0 Å². The molecule has 0 radical (unpaired) electrons. The summed E-state index contributed by atoms with van der Waals surface area (Å²) < 4.78 is 11.0. The average Bonchev–Trinajstić information content (AvgIpc) is 1.82. The lowest BCUT2D eigenvalue weighted by Crippen LogP contribution is -2.02. The van der Waals surface area contributed by atoms with Crippen LogP contribution in [0.15, 0.2) is 4.90 Å². The Morgan fingerprint density at radius 3 is 1.92 bits per heavy atom. The van der Waals surface area contributed by atoms with E-state index in [0.717, 1.165) is 0 Å². The normalized spacial score (nSPS) is 13.1. The van der Waals surface area contributed by atoms with Gasteiger partial charge in [0.15, 0.2) is 10.3 Å². The first-order valence-corrected chi connectivity index (χ1v) is 5.43. The molecule has 0 saturated carbocycles. The monoisotopic (exact) mass is 244 g/mol. The molecule has 0 bridgehead atoms. The first-order valence-electron chi connectivity index (χ1n) is 2.74. The quantitative estimate of drug-likeness (QED) is 0.433. The van der Waals surface area contributed by atoms with Crippen LogP contribution in [-0.4, -0.2) is 20.8 Å². The molecule has 1 aromatic heterocycles. The molecule has 3 nitrogen and oxygen atoms in total. The maximum atomic E-state index is 11.0. The molecule has 1 heterocycles. The molecule has 0 aliphatic carbocycles. The highest BCUT2D eigenvalue weighted by molar-refractivity contribution is 7.91. The van der Waals surface area contributed by atoms with E-state index < -0.39 is 11.2 Å². The summed E-state index contributed by atoms with van der Waals surface area (Å²) in [6.45, 7) is 0. The zero-order chi connectivity index (χ0) is 9.30. The van der Waals surface area contributed by atoms with Gasteiger partial charge in [0.25, 0.3) is 0 Å².